The first-order valence-corrected chi connectivity index (χ1v) is 5.66. The van der Waals surface area contributed by atoms with Crippen molar-refractivity contribution in [2.75, 3.05) is 0 Å². The summed E-state index contributed by atoms with van der Waals surface area (Å²) < 4.78 is 7.32. The van der Waals surface area contributed by atoms with Crippen molar-refractivity contribution in [2.24, 2.45) is 0 Å². The lowest BCUT2D eigenvalue weighted by Crippen LogP contribution is -2.16. The van der Waals surface area contributed by atoms with Crippen LogP contribution in [-0.2, 0) is 11.3 Å². The van der Waals surface area contributed by atoms with Crippen molar-refractivity contribution in [1.82, 2.24) is 4.57 Å². The summed E-state index contributed by atoms with van der Waals surface area (Å²) in [4.78, 5) is 21.9. The van der Waals surface area contributed by atoms with Crippen molar-refractivity contribution in [3.63, 3.8) is 0 Å². The number of halogens is 1. The third-order valence-electron chi connectivity index (χ3n) is 2.18. The Hall–Kier alpha value is -1.31. The minimum atomic E-state index is -0.938. The molecule has 0 radical (unpaired) electrons. The van der Waals surface area contributed by atoms with Crippen LogP contribution >= 0.6 is 22.6 Å². The second-order valence-corrected chi connectivity index (χ2v) is 4.52. The van der Waals surface area contributed by atoms with Crippen LogP contribution in [0.15, 0.2) is 27.4 Å². The zero-order valence-corrected chi connectivity index (χ0v) is 10.3. The van der Waals surface area contributed by atoms with Crippen molar-refractivity contribution in [3.8, 4) is 0 Å². The number of fused-ring (bicyclic) bond motifs is 1. The van der Waals surface area contributed by atoms with E-state index in [4.69, 9.17) is 9.52 Å². The molecule has 0 fully saturated rings. The van der Waals surface area contributed by atoms with Crippen LogP contribution in [0.4, 0.5) is 0 Å². The average Bonchev–Trinajstić information content (AvgIpc) is 2.50. The Bertz CT molecular complexity index is 598. The van der Waals surface area contributed by atoms with Crippen molar-refractivity contribution >= 4 is 39.7 Å². The number of oxazole rings is 1. The molecule has 0 atom stereocenters. The van der Waals surface area contributed by atoms with Crippen LogP contribution in [0.25, 0.3) is 11.1 Å². The highest BCUT2D eigenvalue weighted by molar-refractivity contribution is 14.1. The van der Waals surface area contributed by atoms with Crippen molar-refractivity contribution < 1.29 is 14.3 Å². The number of benzene rings is 1. The molecular formula is C10H8INO4. The molecule has 1 aromatic heterocycles. The highest BCUT2D eigenvalue weighted by Crippen LogP contribution is 2.16. The Kier molecular flexibility index (Phi) is 2.99. The van der Waals surface area contributed by atoms with Crippen molar-refractivity contribution in [1.29, 1.82) is 0 Å². The number of carboxylic acid groups (broad SMARTS) is 1. The van der Waals surface area contributed by atoms with Crippen LogP contribution < -0.4 is 5.76 Å². The molecule has 5 nitrogen and oxygen atoms in total. The number of aromatic nitrogens is 1. The number of aliphatic carboxylic acids is 1. The number of nitrogens with zero attached hydrogens (tertiary/aromatic N) is 1. The van der Waals surface area contributed by atoms with Gasteiger partial charge in [0, 0.05) is 10.1 Å². The minimum absolute atomic E-state index is 0.0967. The van der Waals surface area contributed by atoms with Gasteiger partial charge in [0.05, 0.1) is 11.9 Å². The maximum absolute atomic E-state index is 11.5. The topological polar surface area (TPSA) is 72.4 Å². The van der Waals surface area contributed by atoms with Gasteiger partial charge in [-0.15, -0.1) is 0 Å². The summed E-state index contributed by atoms with van der Waals surface area (Å²) in [6, 6.07) is 5.34. The molecule has 0 amide bonds. The molecule has 6 heteroatoms. The van der Waals surface area contributed by atoms with E-state index < -0.39 is 11.7 Å². The van der Waals surface area contributed by atoms with Gasteiger partial charge in [-0.05, 0) is 40.8 Å². The van der Waals surface area contributed by atoms with Crippen LogP contribution in [0.1, 0.15) is 6.42 Å². The number of hydrogen-bond acceptors (Lipinski definition) is 3. The fraction of sp³-hybridized carbons (Fsp3) is 0.200. The number of hydrogen-bond donors (Lipinski definition) is 1. The molecule has 1 heterocycles. The van der Waals surface area contributed by atoms with Gasteiger partial charge in [-0.1, -0.05) is 0 Å². The molecule has 2 aromatic rings. The molecule has 2 rings (SSSR count). The maximum Gasteiger partial charge on any atom is 0.419 e. The Balaban J connectivity index is 2.48. The SMILES string of the molecule is O=C(O)CCn1c(=O)oc2cc(I)ccc21. The summed E-state index contributed by atoms with van der Waals surface area (Å²) in [5.74, 6) is -1.45. The molecule has 0 saturated heterocycles. The van der Waals surface area contributed by atoms with Gasteiger partial charge in [-0.25, -0.2) is 4.79 Å². The van der Waals surface area contributed by atoms with Gasteiger partial charge in [0.1, 0.15) is 0 Å². The predicted molar refractivity (Wildman–Crippen MR) is 65.4 cm³/mol. The Morgan fingerprint density at radius 2 is 2.25 bits per heavy atom. The van der Waals surface area contributed by atoms with Gasteiger partial charge in [0.25, 0.3) is 0 Å². The highest BCUT2D eigenvalue weighted by atomic mass is 127. The zero-order chi connectivity index (χ0) is 11.7. The zero-order valence-electron chi connectivity index (χ0n) is 8.14. The first-order valence-electron chi connectivity index (χ1n) is 4.58. The van der Waals surface area contributed by atoms with Gasteiger partial charge in [-0.3, -0.25) is 9.36 Å². The van der Waals surface area contributed by atoms with Gasteiger partial charge in [0.2, 0.25) is 0 Å². The molecule has 1 aromatic carbocycles. The lowest BCUT2D eigenvalue weighted by molar-refractivity contribution is -0.137. The van der Waals surface area contributed by atoms with E-state index in [2.05, 4.69) is 22.6 Å². The Morgan fingerprint density at radius 1 is 1.50 bits per heavy atom. The van der Waals surface area contributed by atoms with E-state index in [1.807, 2.05) is 6.07 Å². The van der Waals surface area contributed by atoms with Gasteiger partial charge < -0.3 is 9.52 Å². The largest absolute Gasteiger partial charge is 0.481 e. The number of carboxylic acids is 1. The summed E-state index contributed by atoms with van der Waals surface area (Å²) in [5.41, 5.74) is 1.12. The van der Waals surface area contributed by atoms with E-state index in [-0.39, 0.29) is 13.0 Å². The molecule has 0 saturated carbocycles. The second-order valence-electron chi connectivity index (χ2n) is 3.28. The van der Waals surface area contributed by atoms with Crippen molar-refractivity contribution in [2.45, 2.75) is 13.0 Å². The molecule has 0 aliphatic heterocycles. The van der Waals surface area contributed by atoms with Gasteiger partial charge in [-0.2, -0.15) is 0 Å². The molecule has 84 valence electrons. The first-order chi connectivity index (χ1) is 7.58. The van der Waals surface area contributed by atoms with Crippen LogP contribution in [0.3, 0.4) is 0 Å². The molecule has 0 aliphatic carbocycles. The average molecular weight is 333 g/mol. The van der Waals surface area contributed by atoms with Crippen LogP contribution in [0.5, 0.6) is 0 Å². The molecule has 16 heavy (non-hydrogen) atoms. The third-order valence-corrected chi connectivity index (χ3v) is 2.85. The Morgan fingerprint density at radius 3 is 2.94 bits per heavy atom. The summed E-state index contributed by atoms with van der Waals surface area (Å²) in [6.45, 7) is 0.127. The van der Waals surface area contributed by atoms with Gasteiger partial charge in [0.15, 0.2) is 5.58 Å². The fourth-order valence-corrected chi connectivity index (χ4v) is 1.92. The molecule has 0 unspecified atom stereocenters. The normalized spacial score (nSPS) is 10.8. The van der Waals surface area contributed by atoms with E-state index in [1.54, 1.807) is 12.1 Å². The van der Waals surface area contributed by atoms with E-state index in [9.17, 15) is 9.59 Å². The molecule has 0 spiro atoms. The van der Waals surface area contributed by atoms with Crippen LogP contribution in [0.2, 0.25) is 0 Å². The lowest BCUT2D eigenvalue weighted by Gasteiger charge is -1.98. The molecule has 0 bridgehead atoms. The van der Waals surface area contributed by atoms with E-state index in [0.29, 0.717) is 11.1 Å². The van der Waals surface area contributed by atoms with E-state index in [1.165, 1.54) is 4.57 Å². The van der Waals surface area contributed by atoms with Crippen LogP contribution in [0, 0.1) is 3.57 Å². The van der Waals surface area contributed by atoms with Crippen molar-refractivity contribution in [3.05, 3.63) is 32.3 Å². The van der Waals surface area contributed by atoms with Crippen LogP contribution in [-0.4, -0.2) is 15.6 Å². The van der Waals surface area contributed by atoms with E-state index in [0.717, 1.165) is 3.57 Å². The summed E-state index contributed by atoms with van der Waals surface area (Å²) in [6.07, 6.45) is -0.0967. The second kappa shape index (κ2) is 4.28. The van der Waals surface area contributed by atoms with E-state index >= 15 is 0 Å². The lowest BCUT2D eigenvalue weighted by atomic mass is 10.3. The molecular weight excluding hydrogens is 325 g/mol. The first kappa shape index (κ1) is 11.2. The van der Waals surface area contributed by atoms with Gasteiger partial charge >= 0.3 is 11.7 Å². The standard InChI is InChI=1S/C10H8INO4/c11-6-1-2-7-8(5-6)16-10(15)12(7)4-3-9(13)14/h1-2,5H,3-4H2,(H,13,14). The summed E-state index contributed by atoms with van der Waals surface area (Å²) >= 11 is 2.12. The maximum atomic E-state index is 11.5. The quantitative estimate of drug-likeness (QED) is 0.868. The fourth-order valence-electron chi connectivity index (χ4n) is 1.46. The minimum Gasteiger partial charge on any atom is -0.481 e. The number of carbonyl (C=O) groups is 1. The Labute approximate surface area is 104 Å². The smallest absolute Gasteiger partial charge is 0.419 e. The predicted octanol–water partition coefficient (Wildman–Crippen LogP) is 1.67. The monoisotopic (exact) mass is 333 g/mol. The molecule has 1 N–H and O–H groups in total. The third kappa shape index (κ3) is 2.11. The summed E-state index contributed by atoms with van der Waals surface area (Å²) in [5, 5.41) is 8.57. The number of aryl methyl sites for hydroxylation is 1. The number of rotatable bonds is 3. The molecule has 0 aliphatic rings. The summed E-state index contributed by atoms with van der Waals surface area (Å²) in [7, 11) is 0. The highest BCUT2D eigenvalue weighted by Gasteiger charge is 2.10.